The van der Waals surface area contributed by atoms with Gasteiger partial charge in [0.05, 0.1) is 6.10 Å². The topological polar surface area (TPSA) is 60.7 Å². The second-order valence-electron chi connectivity index (χ2n) is 5.42. The summed E-state index contributed by atoms with van der Waals surface area (Å²) >= 11 is 0. The van der Waals surface area contributed by atoms with E-state index in [4.69, 9.17) is 0 Å². The fourth-order valence-electron chi connectivity index (χ4n) is 1.99. The third-order valence-corrected chi connectivity index (χ3v) is 3.02. The van der Waals surface area contributed by atoms with Crippen molar-refractivity contribution in [2.24, 2.45) is 0 Å². The van der Waals surface area contributed by atoms with Crippen LogP contribution >= 0.6 is 0 Å². The van der Waals surface area contributed by atoms with Crippen LogP contribution in [0.3, 0.4) is 0 Å². The molecule has 1 aliphatic rings. The van der Waals surface area contributed by atoms with Gasteiger partial charge in [-0.05, 0) is 38.8 Å². The summed E-state index contributed by atoms with van der Waals surface area (Å²) in [5.74, 6) is 5.52. The zero-order valence-electron chi connectivity index (χ0n) is 11.8. The molecule has 19 heavy (non-hydrogen) atoms. The van der Waals surface area contributed by atoms with Crippen LogP contribution in [0, 0.1) is 11.8 Å². The first-order valence-corrected chi connectivity index (χ1v) is 6.36. The molecule has 1 rings (SSSR count). The van der Waals surface area contributed by atoms with E-state index in [0.29, 0.717) is 17.6 Å². The van der Waals surface area contributed by atoms with Gasteiger partial charge in [0, 0.05) is 12.0 Å². The molecule has 3 atom stereocenters. The van der Waals surface area contributed by atoms with E-state index < -0.39 is 17.8 Å². The predicted molar refractivity (Wildman–Crippen MR) is 76.3 cm³/mol. The van der Waals surface area contributed by atoms with Crippen LogP contribution < -0.4 is 0 Å². The summed E-state index contributed by atoms with van der Waals surface area (Å²) in [6.07, 6.45) is 1.87. The Morgan fingerprint density at radius 1 is 1.47 bits per heavy atom. The molecule has 0 heterocycles. The Balaban J connectivity index is 3.02. The molecule has 0 fully saturated rings. The van der Waals surface area contributed by atoms with Crippen molar-refractivity contribution >= 4 is 0 Å². The van der Waals surface area contributed by atoms with Gasteiger partial charge < -0.3 is 15.3 Å². The molecule has 0 amide bonds. The third kappa shape index (κ3) is 4.36. The molecule has 3 N–H and O–H groups in total. The fraction of sp³-hybridized carbons (Fsp3) is 0.500. The largest absolute Gasteiger partial charge is 0.389 e. The minimum Gasteiger partial charge on any atom is -0.389 e. The summed E-state index contributed by atoms with van der Waals surface area (Å²) in [6.45, 7) is 9.27. The molecule has 3 heteroatoms. The van der Waals surface area contributed by atoms with Crippen LogP contribution in [0.2, 0.25) is 0 Å². The normalized spacial score (nSPS) is 29.9. The molecule has 0 saturated heterocycles. The molecule has 1 aliphatic carbocycles. The second kappa shape index (κ2) is 6.21. The highest BCUT2D eigenvalue weighted by atomic mass is 16.3. The van der Waals surface area contributed by atoms with E-state index in [1.807, 2.05) is 19.9 Å². The third-order valence-electron chi connectivity index (χ3n) is 3.02. The first-order chi connectivity index (χ1) is 8.74. The highest BCUT2D eigenvalue weighted by Gasteiger charge is 2.41. The van der Waals surface area contributed by atoms with Crippen molar-refractivity contribution in [2.45, 2.75) is 51.4 Å². The van der Waals surface area contributed by atoms with E-state index >= 15 is 0 Å². The minimum absolute atomic E-state index is 0.107. The zero-order chi connectivity index (χ0) is 14.6. The first kappa shape index (κ1) is 15.7. The minimum atomic E-state index is -1.37. The summed E-state index contributed by atoms with van der Waals surface area (Å²) in [6, 6.07) is 0. The van der Waals surface area contributed by atoms with Crippen molar-refractivity contribution in [3.63, 3.8) is 0 Å². The van der Waals surface area contributed by atoms with Gasteiger partial charge in [-0.25, -0.2) is 0 Å². The van der Waals surface area contributed by atoms with Crippen LogP contribution in [0.1, 0.15) is 33.6 Å². The van der Waals surface area contributed by atoms with Crippen molar-refractivity contribution in [1.29, 1.82) is 0 Å². The lowest BCUT2D eigenvalue weighted by atomic mass is 9.78. The van der Waals surface area contributed by atoms with Crippen molar-refractivity contribution in [1.82, 2.24) is 0 Å². The highest BCUT2D eigenvalue weighted by Crippen LogP contribution is 2.32. The van der Waals surface area contributed by atoms with Crippen LogP contribution in [0.4, 0.5) is 0 Å². The Kier molecular flexibility index (Phi) is 5.13. The molecule has 3 nitrogen and oxygen atoms in total. The van der Waals surface area contributed by atoms with Gasteiger partial charge >= 0.3 is 0 Å². The molecular formula is C16H22O3. The monoisotopic (exact) mass is 262 g/mol. The molecule has 0 spiro atoms. The van der Waals surface area contributed by atoms with Gasteiger partial charge in [-0.3, -0.25) is 0 Å². The molecule has 0 saturated carbocycles. The standard InChI is InChI=1S/C16H22O3/c1-11(2)5-6-13-9-14(17)10-16(19,15(13)18)8-7-12(3)4/h7,9,14-15,17-19H,1,8,10H2,2-4H3. The lowest BCUT2D eigenvalue weighted by Crippen LogP contribution is -2.48. The summed E-state index contributed by atoms with van der Waals surface area (Å²) < 4.78 is 0. The van der Waals surface area contributed by atoms with Crippen molar-refractivity contribution in [3.05, 3.63) is 35.5 Å². The Morgan fingerprint density at radius 2 is 2.11 bits per heavy atom. The molecule has 104 valence electrons. The smallest absolute Gasteiger partial charge is 0.116 e. The maximum absolute atomic E-state index is 10.5. The van der Waals surface area contributed by atoms with Crippen molar-refractivity contribution in [2.75, 3.05) is 0 Å². The van der Waals surface area contributed by atoms with Crippen LogP contribution in [0.25, 0.3) is 0 Å². The maximum Gasteiger partial charge on any atom is 0.116 e. The summed E-state index contributed by atoms with van der Waals surface area (Å²) in [5.41, 5.74) is 0.705. The fourth-order valence-corrected chi connectivity index (χ4v) is 1.99. The van der Waals surface area contributed by atoms with E-state index in [9.17, 15) is 15.3 Å². The second-order valence-corrected chi connectivity index (χ2v) is 5.42. The Bertz CT molecular complexity index is 472. The van der Waals surface area contributed by atoms with Gasteiger partial charge in [-0.1, -0.05) is 30.1 Å². The summed E-state index contributed by atoms with van der Waals surface area (Å²) in [7, 11) is 0. The number of aliphatic hydroxyl groups excluding tert-OH is 2. The van der Waals surface area contributed by atoms with Crippen LogP contribution in [0.5, 0.6) is 0 Å². The number of rotatable bonds is 2. The molecule has 0 bridgehead atoms. The van der Waals surface area contributed by atoms with Crippen LogP contribution in [-0.2, 0) is 0 Å². The van der Waals surface area contributed by atoms with Gasteiger partial charge in [-0.2, -0.15) is 0 Å². The summed E-state index contributed by atoms with van der Waals surface area (Å²) in [5, 5.41) is 30.6. The lowest BCUT2D eigenvalue weighted by molar-refractivity contribution is -0.0833. The van der Waals surface area contributed by atoms with Gasteiger partial charge in [0.15, 0.2) is 0 Å². The number of hydrogen-bond acceptors (Lipinski definition) is 3. The Hall–Kier alpha value is -1.34. The highest BCUT2D eigenvalue weighted by molar-refractivity contribution is 5.42. The van der Waals surface area contributed by atoms with Crippen molar-refractivity contribution < 1.29 is 15.3 Å². The van der Waals surface area contributed by atoms with E-state index in [2.05, 4.69) is 18.4 Å². The van der Waals surface area contributed by atoms with E-state index in [0.717, 1.165) is 5.57 Å². The van der Waals surface area contributed by atoms with E-state index in [-0.39, 0.29) is 6.42 Å². The van der Waals surface area contributed by atoms with Gasteiger partial charge in [0.1, 0.15) is 11.7 Å². The molecule has 0 aliphatic heterocycles. The van der Waals surface area contributed by atoms with Gasteiger partial charge in [0.2, 0.25) is 0 Å². The predicted octanol–water partition coefficient (Wildman–Crippen LogP) is 1.71. The zero-order valence-corrected chi connectivity index (χ0v) is 11.8. The van der Waals surface area contributed by atoms with E-state index in [1.165, 1.54) is 6.08 Å². The van der Waals surface area contributed by atoms with E-state index in [1.54, 1.807) is 6.92 Å². The quantitative estimate of drug-likeness (QED) is 0.524. The Morgan fingerprint density at radius 3 is 2.63 bits per heavy atom. The Labute approximate surface area is 115 Å². The maximum atomic E-state index is 10.5. The lowest BCUT2D eigenvalue weighted by Gasteiger charge is -2.37. The molecular weight excluding hydrogens is 240 g/mol. The van der Waals surface area contributed by atoms with Crippen molar-refractivity contribution in [3.8, 4) is 11.8 Å². The average Bonchev–Trinajstić information content (AvgIpc) is 2.29. The molecule has 0 aromatic carbocycles. The summed E-state index contributed by atoms with van der Waals surface area (Å²) in [4.78, 5) is 0. The van der Waals surface area contributed by atoms with Crippen LogP contribution in [-0.4, -0.2) is 33.1 Å². The first-order valence-electron chi connectivity index (χ1n) is 6.36. The molecule has 0 aromatic heterocycles. The number of aliphatic hydroxyl groups is 3. The number of hydrogen-bond donors (Lipinski definition) is 3. The molecule has 3 unspecified atom stereocenters. The van der Waals surface area contributed by atoms with Crippen LogP contribution in [0.15, 0.2) is 35.5 Å². The van der Waals surface area contributed by atoms with Gasteiger partial charge in [0.25, 0.3) is 0 Å². The average molecular weight is 262 g/mol. The molecule has 0 radical (unpaired) electrons. The van der Waals surface area contributed by atoms with Gasteiger partial charge in [-0.15, -0.1) is 0 Å². The SMILES string of the molecule is C=C(C)C#CC1=CC(O)CC(O)(CC=C(C)C)C1O. The molecule has 0 aromatic rings. The number of allylic oxidation sites excluding steroid dienone is 2.